The molecule has 0 radical (unpaired) electrons. The Labute approximate surface area is 457 Å². The van der Waals surface area contributed by atoms with Crippen LogP contribution in [0.15, 0.2) is 296 Å². The molecule has 1 aromatic heterocycles. The van der Waals surface area contributed by atoms with Gasteiger partial charge in [-0.3, -0.25) is 0 Å². The van der Waals surface area contributed by atoms with Gasteiger partial charge in [0.1, 0.15) is 17.1 Å². The maximum Gasteiger partial charge on any atom is 0.159 e. The van der Waals surface area contributed by atoms with E-state index >= 15 is 0 Å². The fourth-order valence-electron chi connectivity index (χ4n) is 12.8. The predicted molar refractivity (Wildman–Crippen MR) is 326 cm³/mol. The molecule has 13 aromatic carbocycles. The van der Waals surface area contributed by atoms with Crippen LogP contribution >= 0.6 is 0 Å². The number of anilines is 6. The Morgan fingerprint density at radius 3 is 1.33 bits per heavy atom. The summed E-state index contributed by atoms with van der Waals surface area (Å²) in [5, 5.41) is 6.81. The van der Waals surface area contributed by atoms with Gasteiger partial charge in [-0.15, -0.1) is 0 Å². The molecule has 2 aliphatic rings. The molecular weight excluding hydrogens is 961 g/mol. The van der Waals surface area contributed by atoms with Crippen LogP contribution in [0.2, 0.25) is 0 Å². The second-order valence-electron chi connectivity index (χ2n) is 20.8. The van der Waals surface area contributed by atoms with Gasteiger partial charge in [-0.05, 0) is 163 Å². The van der Waals surface area contributed by atoms with Crippen molar-refractivity contribution in [3.05, 3.63) is 313 Å². The van der Waals surface area contributed by atoms with E-state index in [9.17, 15) is 0 Å². The van der Waals surface area contributed by atoms with Gasteiger partial charge in [0.05, 0.1) is 11.1 Å². The normalized spacial score (nSPS) is 12.8. The van der Waals surface area contributed by atoms with Gasteiger partial charge in [0.2, 0.25) is 0 Å². The van der Waals surface area contributed by atoms with E-state index in [-0.39, 0.29) is 0 Å². The smallest absolute Gasteiger partial charge is 0.159 e. The molecule has 1 aliphatic heterocycles. The number of nitrogens with zero attached hydrogens (tertiary/aromatic N) is 2. The molecule has 0 saturated carbocycles. The fourth-order valence-corrected chi connectivity index (χ4v) is 12.8. The molecule has 79 heavy (non-hydrogen) atoms. The second kappa shape index (κ2) is 17.8. The Morgan fingerprint density at radius 2 is 0.734 bits per heavy atom. The molecule has 0 fully saturated rings. The summed E-state index contributed by atoms with van der Waals surface area (Å²) in [7, 11) is 0. The minimum Gasteiger partial charge on any atom is -0.457 e. The molecule has 0 N–H and O–H groups in total. The van der Waals surface area contributed by atoms with Crippen molar-refractivity contribution in [3.8, 4) is 44.9 Å². The van der Waals surface area contributed by atoms with Crippen LogP contribution in [0.5, 0.6) is 11.5 Å². The lowest BCUT2D eigenvalue weighted by Gasteiger charge is -2.40. The molecular formula is C75H48N2O2. The summed E-state index contributed by atoms with van der Waals surface area (Å²) in [6.07, 6.45) is 0. The van der Waals surface area contributed by atoms with E-state index in [1.165, 1.54) is 33.0 Å². The van der Waals surface area contributed by atoms with Crippen LogP contribution in [0.1, 0.15) is 22.3 Å². The third kappa shape index (κ3) is 7.08. The molecule has 14 aromatic rings. The van der Waals surface area contributed by atoms with Crippen LogP contribution in [-0.2, 0) is 5.41 Å². The highest BCUT2D eigenvalue weighted by Crippen LogP contribution is 2.63. The van der Waals surface area contributed by atoms with E-state index in [1.807, 2.05) is 0 Å². The van der Waals surface area contributed by atoms with Crippen molar-refractivity contribution < 1.29 is 9.15 Å². The third-order valence-electron chi connectivity index (χ3n) is 16.5. The average Bonchev–Trinajstić information content (AvgIpc) is 3.93. The van der Waals surface area contributed by atoms with Crippen molar-refractivity contribution in [2.45, 2.75) is 5.41 Å². The number of ether oxygens (including phenoxy) is 1. The first-order valence-corrected chi connectivity index (χ1v) is 27.0. The van der Waals surface area contributed by atoms with Gasteiger partial charge in [0.25, 0.3) is 0 Å². The number of rotatable bonds is 8. The quantitative estimate of drug-likeness (QED) is 0.152. The SMILES string of the molecule is c1ccc(N(c2ccccc2)c2ccc(-c3ccc(-c4ccc(N(c5ccc6c(c5)C5(c7cc8ccccc8cc7O6)c6ccccc6-c6ccccc65)c5cccc6c5oc5cc7ccccc7cc56)cc4)cc3)cc2)cc1. The summed E-state index contributed by atoms with van der Waals surface area (Å²) in [5.74, 6) is 1.71. The molecule has 370 valence electrons. The van der Waals surface area contributed by atoms with E-state index < -0.39 is 5.41 Å². The summed E-state index contributed by atoms with van der Waals surface area (Å²) < 4.78 is 14.1. The second-order valence-corrected chi connectivity index (χ2v) is 20.8. The highest BCUT2D eigenvalue weighted by atomic mass is 16.5. The van der Waals surface area contributed by atoms with Gasteiger partial charge in [-0.25, -0.2) is 0 Å². The third-order valence-corrected chi connectivity index (χ3v) is 16.5. The van der Waals surface area contributed by atoms with Crippen molar-refractivity contribution in [1.29, 1.82) is 0 Å². The van der Waals surface area contributed by atoms with E-state index in [4.69, 9.17) is 9.15 Å². The average molecular weight is 1010 g/mol. The lowest BCUT2D eigenvalue weighted by atomic mass is 9.65. The van der Waals surface area contributed by atoms with Crippen molar-refractivity contribution >= 4 is 77.6 Å². The molecule has 16 rings (SSSR count). The zero-order valence-corrected chi connectivity index (χ0v) is 42.9. The molecule has 4 heteroatoms. The minimum absolute atomic E-state index is 0.671. The van der Waals surface area contributed by atoms with Crippen molar-refractivity contribution in [3.63, 3.8) is 0 Å². The number of hydrogen-bond donors (Lipinski definition) is 0. The van der Waals surface area contributed by atoms with Gasteiger partial charge in [0.15, 0.2) is 5.58 Å². The molecule has 0 unspecified atom stereocenters. The van der Waals surface area contributed by atoms with E-state index in [0.717, 1.165) is 112 Å². The Kier molecular flexibility index (Phi) is 10.1. The lowest BCUT2D eigenvalue weighted by Crippen LogP contribution is -2.32. The molecule has 0 atom stereocenters. The van der Waals surface area contributed by atoms with Gasteiger partial charge in [-0.1, -0.05) is 194 Å². The monoisotopic (exact) mass is 1010 g/mol. The summed E-state index contributed by atoms with van der Waals surface area (Å²) in [6, 6.07) is 105. The first-order valence-electron chi connectivity index (χ1n) is 27.0. The van der Waals surface area contributed by atoms with Gasteiger partial charge < -0.3 is 19.0 Å². The van der Waals surface area contributed by atoms with Crippen molar-refractivity contribution in [2.24, 2.45) is 0 Å². The molecule has 4 nitrogen and oxygen atoms in total. The first-order chi connectivity index (χ1) is 39.1. The van der Waals surface area contributed by atoms with E-state index in [1.54, 1.807) is 0 Å². The van der Waals surface area contributed by atoms with Crippen LogP contribution in [0.3, 0.4) is 0 Å². The Hall–Kier alpha value is -10.4. The molecule has 0 bridgehead atoms. The van der Waals surface area contributed by atoms with Crippen molar-refractivity contribution in [2.75, 3.05) is 9.80 Å². The van der Waals surface area contributed by atoms with Crippen LogP contribution in [-0.4, -0.2) is 0 Å². The highest BCUT2D eigenvalue weighted by molar-refractivity contribution is 6.14. The Balaban J connectivity index is 0.822. The summed E-state index contributed by atoms with van der Waals surface area (Å²) in [5.41, 5.74) is 19.1. The largest absolute Gasteiger partial charge is 0.457 e. The molecule has 2 heterocycles. The van der Waals surface area contributed by atoms with Crippen LogP contribution in [0.4, 0.5) is 34.1 Å². The number of fused-ring (bicyclic) bond motifs is 14. The predicted octanol–water partition coefficient (Wildman–Crippen LogP) is 20.6. The molecule has 0 amide bonds. The molecule has 1 spiro atoms. The van der Waals surface area contributed by atoms with E-state index in [2.05, 4.69) is 301 Å². The summed E-state index contributed by atoms with van der Waals surface area (Å²) in [4.78, 5) is 4.66. The van der Waals surface area contributed by atoms with Gasteiger partial charge >= 0.3 is 0 Å². The van der Waals surface area contributed by atoms with E-state index in [0.29, 0.717) is 0 Å². The van der Waals surface area contributed by atoms with Crippen LogP contribution in [0, 0.1) is 0 Å². The Bertz CT molecular complexity index is 4590. The lowest BCUT2D eigenvalue weighted by molar-refractivity contribution is 0.437. The molecule has 0 saturated heterocycles. The van der Waals surface area contributed by atoms with Gasteiger partial charge in [-0.2, -0.15) is 0 Å². The maximum absolute atomic E-state index is 7.11. The highest BCUT2D eigenvalue weighted by Gasteiger charge is 2.51. The first kappa shape index (κ1) is 44.8. The van der Waals surface area contributed by atoms with Crippen molar-refractivity contribution in [1.82, 2.24) is 0 Å². The molecule has 1 aliphatic carbocycles. The zero-order chi connectivity index (χ0) is 52.0. The van der Waals surface area contributed by atoms with Crippen LogP contribution in [0.25, 0.3) is 76.9 Å². The summed E-state index contributed by atoms with van der Waals surface area (Å²) in [6.45, 7) is 0. The Morgan fingerprint density at radius 1 is 0.278 bits per heavy atom. The van der Waals surface area contributed by atoms with Crippen LogP contribution < -0.4 is 14.5 Å². The standard InChI is InChI=1S/C75H48N2O2/c1-3-20-57(21-4-1)76(58-22-5-2-6-23-58)59-38-34-51(35-39-59)49-30-32-50(33-31-49)52-36-40-60(41-37-52)77(70-29-15-26-64-65-44-53-16-7-9-18-55(53)46-72(65)79-74(64)70)61-42-43-71-69(48-61)75(68-45-54-17-8-10-19-56(54)47-73(68)78-71)66-27-13-11-24-62(66)63-25-12-14-28-67(63)75/h1-48H. The number of benzene rings is 13. The maximum atomic E-state index is 7.11. The zero-order valence-electron chi connectivity index (χ0n) is 42.9. The summed E-state index contributed by atoms with van der Waals surface area (Å²) >= 11 is 0. The van der Waals surface area contributed by atoms with Gasteiger partial charge in [0, 0.05) is 50.3 Å². The number of furan rings is 1. The fraction of sp³-hybridized carbons (Fsp3) is 0.0133. The minimum atomic E-state index is -0.671. The number of hydrogen-bond acceptors (Lipinski definition) is 4. The topological polar surface area (TPSA) is 28.9 Å². The number of para-hydroxylation sites is 3.